The van der Waals surface area contributed by atoms with Crippen LogP contribution < -0.4 is 10.6 Å². The van der Waals surface area contributed by atoms with Crippen LogP contribution in [0.2, 0.25) is 0 Å². The summed E-state index contributed by atoms with van der Waals surface area (Å²) in [5.41, 5.74) is 2.66. The zero-order valence-electron chi connectivity index (χ0n) is 16.4. The molecule has 1 fully saturated rings. The van der Waals surface area contributed by atoms with Gasteiger partial charge in [-0.15, -0.1) is 11.3 Å². The van der Waals surface area contributed by atoms with Crippen molar-refractivity contribution >= 4 is 17.3 Å². The van der Waals surface area contributed by atoms with E-state index in [1.165, 1.54) is 42.1 Å². The van der Waals surface area contributed by atoms with Crippen molar-refractivity contribution in [1.29, 1.82) is 0 Å². The van der Waals surface area contributed by atoms with Crippen molar-refractivity contribution in [2.75, 3.05) is 40.3 Å². The highest BCUT2D eigenvalue weighted by molar-refractivity contribution is 7.09. The highest BCUT2D eigenvalue weighted by Crippen LogP contribution is 2.10. The molecule has 1 aliphatic heterocycles. The molecule has 6 heteroatoms. The zero-order valence-corrected chi connectivity index (χ0v) is 17.3. The van der Waals surface area contributed by atoms with Crippen LogP contribution >= 0.6 is 11.3 Å². The summed E-state index contributed by atoms with van der Waals surface area (Å²) in [5.74, 6) is 0.834. The molecule has 1 saturated heterocycles. The van der Waals surface area contributed by atoms with Gasteiger partial charge >= 0.3 is 0 Å². The van der Waals surface area contributed by atoms with Gasteiger partial charge in [0, 0.05) is 38.1 Å². The van der Waals surface area contributed by atoms with Crippen molar-refractivity contribution in [3.05, 3.63) is 57.8 Å². The van der Waals surface area contributed by atoms with Crippen LogP contribution in [-0.2, 0) is 19.6 Å². The average molecular weight is 386 g/mol. The first kappa shape index (κ1) is 19.9. The normalized spacial score (nSPS) is 16.9. The Balaban J connectivity index is 1.44. The molecule has 1 aliphatic rings. The van der Waals surface area contributed by atoms with Gasteiger partial charge in [0.2, 0.25) is 0 Å². The van der Waals surface area contributed by atoms with Gasteiger partial charge in [-0.25, -0.2) is 0 Å². The topological polar surface area (TPSA) is 42.9 Å². The van der Waals surface area contributed by atoms with Gasteiger partial charge in [0.15, 0.2) is 5.96 Å². The van der Waals surface area contributed by atoms with Gasteiger partial charge in [0.05, 0.1) is 6.54 Å². The third-order valence-corrected chi connectivity index (χ3v) is 5.81. The van der Waals surface area contributed by atoms with Gasteiger partial charge in [-0.1, -0.05) is 30.3 Å². The predicted octanol–water partition coefficient (Wildman–Crippen LogP) is 2.75. The summed E-state index contributed by atoms with van der Waals surface area (Å²) in [6, 6.07) is 13.2. The van der Waals surface area contributed by atoms with E-state index < -0.39 is 0 Å². The van der Waals surface area contributed by atoms with Crippen molar-refractivity contribution in [3.63, 3.8) is 0 Å². The number of nitrogens with zero attached hydrogens (tertiary/aromatic N) is 3. The van der Waals surface area contributed by atoms with E-state index in [-0.39, 0.29) is 0 Å². The minimum absolute atomic E-state index is 0.777. The van der Waals surface area contributed by atoms with Crippen LogP contribution in [0.25, 0.3) is 0 Å². The molecule has 0 atom stereocenters. The third-order valence-electron chi connectivity index (χ3n) is 4.94. The molecule has 1 aromatic heterocycles. The molecule has 5 nitrogen and oxygen atoms in total. The van der Waals surface area contributed by atoms with Gasteiger partial charge < -0.3 is 15.5 Å². The van der Waals surface area contributed by atoms with Crippen LogP contribution in [-0.4, -0.2) is 56.0 Å². The molecule has 0 saturated carbocycles. The molecule has 1 aromatic carbocycles. The molecule has 2 heterocycles. The fourth-order valence-electron chi connectivity index (χ4n) is 3.27. The minimum atomic E-state index is 0.777. The van der Waals surface area contributed by atoms with E-state index in [9.17, 15) is 0 Å². The first-order valence-electron chi connectivity index (χ1n) is 9.68. The van der Waals surface area contributed by atoms with Gasteiger partial charge in [0.25, 0.3) is 0 Å². The highest BCUT2D eigenvalue weighted by Gasteiger charge is 2.12. The lowest BCUT2D eigenvalue weighted by Crippen LogP contribution is -2.36. The lowest BCUT2D eigenvalue weighted by atomic mass is 10.1. The SMILES string of the molecule is CN=C(NCc1ccc(CN2CCCN(C)CC2)cc1)NCc1cccs1. The maximum Gasteiger partial charge on any atom is 0.191 e. The number of aliphatic imine (C=N–C) groups is 1. The molecular formula is C21H31N5S. The van der Waals surface area contributed by atoms with Crippen molar-refractivity contribution in [2.24, 2.45) is 4.99 Å². The Morgan fingerprint density at radius 1 is 1.00 bits per heavy atom. The smallest absolute Gasteiger partial charge is 0.191 e. The predicted molar refractivity (Wildman–Crippen MR) is 115 cm³/mol. The molecule has 2 aromatic rings. The molecule has 27 heavy (non-hydrogen) atoms. The molecule has 0 spiro atoms. The molecule has 0 bridgehead atoms. The molecule has 0 amide bonds. The van der Waals surface area contributed by atoms with E-state index in [2.05, 4.69) is 74.3 Å². The van der Waals surface area contributed by atoms with E-state index >= 15 is 0 Å². The van der Waals surface area contributed by atoms with E-state index in [0.29, 0.717) is 0 Å². The molecule has 2 N–H and O–H groups in total. The van der Waals surface area contributed by atoms with Crippen molar-refractivity contribution in [1.82, 2.24) is 20.4 Å². The number of hydrogen-bond donors (Lipinski definition) is 2. The Kier molecular flexibility index (Phi) is 7.68. The van der Waals surface area contributed by atoms with Gasteiger partial charge in [-0.2, -0.15) is 0 Å². The fourth-order valence-corrected chi connectivity index (χ4v) is 3.91. The number of rotatable bonds is 6. The van der Waals surface area contributed by atoms with Crippen molar-refractivity contribution in [3.8, 4) is 0 Å². The zero-order chi connectivity index (χ0) is 18.9. The van der Waals surface area contributed by atoms with Crippen molar-refractivity contribution < 1.29 is 0 Å². The standard InChI is InChI=1S/C21H31N5S/c1-22-21(24-16-20-5-3-14-27-20)23-15-18-6-8-19(9-7-18)17-26-11-4-10-25(2)12-13-26/h3,5-9,14H,4,10-13,15-17H2,1-2H3,(H2,22,23,24). The monoisotopic (exact) mass is 385 g/mol. The van der Waals surface area contributed by atoms with Crippen LogP contribution in [0.1, 0.15) is 22.4 Å². The second kappa shape index (κ2) is 10.4. The largest absolute Gasteiger partial charge is 0.352 e. The lowest BCUT2D eigenvalue weighted by molar-refractivity contribution is 0.269. The second-order valence-corrected chi connectivity index (χ2v) is 8.14. The summed E-state index contributed by atoms with van der Waals surface area (Å²) >= 11 is 1.76. The highest BCUT2D eigenvalue weighted by atomic mass is 32.1. The summed E-state index contributed by atoms with van der Waals surface area (Å²) in [6.45, 7) is 7.36. The van der Waals surface area contributed by atoms with Crippen LogP contribution in [0.5, 0.6) is 0 Å². The molecule has 0 radical (unpaired) electrons. The Bertz CT molecular complexity index is 696. The molecular weight excluding hydrogens is 354 g/mol. The van der Waals surface area contributed by atoms with Crippen LogP contribution in [0.15, 0.2) is 46.8 Å². The average Bonchev–Trinajstić information content (AvgIpc) is 3.12. The Labute approximate surface area is 167 Å². The molecule has 3 rings (SSSR count). The Hall–Kier alpha value is -1.89. The molecule has 146 valence electrons. The molecule has 0 unspecified atom stereocenters. The number of nitrogens with one attached hydrogen (secondary N) is 2. The second-order valence-electron chi connectivity index (χ2n) is 7.11. The molecule has 0 aliphatic carbocycles. The maximum atomic E-state index is 4.30. The Morgan fingerprint density at radius 3 is 2.52 bits per heavy atom. The minimum Gasteiger partial charge on any atom is -0.352 e. The van der Waals surface area contributed by atoms with Crippen LogP contribution in [0.4, 0.5) is 0 Å². The number of likely N-dealkylation sites (N-methyl/N-ethyl adjacent to an activating group) is 1. The third kappa shape index (κ3) is 6.65. The number of hydrogen-bond acceptors (Lipinski definition) is 4. The van der Waals surface area contributed by atoms with E-state index in [1.807, 2.05) is 7.05 Å². The number of benzene rings is 1. The van der Waals surface area contributed by atoms with Crippen molar-refractivity contribution in [2.45, 2.75) is 26.1 Å². The summed E-state index contributed by atoms with van der Waals surface area (Å²) in [5, 5.41) is 8.84. The first-order chi connectivity index (χ1) is 13.2. The van der Waals surface area contributed by atoms with Crippen LogP contribution in [0.3, 0.4) is 0 Å². The van der Waals surface area contributed by atoms with Crippen LogP contribution in [0, 0.1) is 0 Å². The van der Waals surface area contributed by atoms with E-state index in [1.54, 1.807) is 11.3 Å². The Morgan fingerprint density at radius 2 is 1.78 bits per heavy atom. The van der Waals surface area contributed by atoms with Gasteiger partial charge in [-0.3, -0.25) is 9.89 Å². The summed E-state index contributed by atoms with van der Waals surface area (Å²) < 4.78 is 0. The summed E-state index contributed by atoms with van der Waals surface area (Å²) in [6.07, 6.45) is 1.26. The van der Waals surface area contributed by atoms with E-state index in [0.717, 1.165) is 32.1 Å². The fraction of sp³-hybridized carbons (Fsp3) is 0.476. The summed E-state index contributed by atoms with van der Waals surface area (Å²) in [4.78, 5) is 10.6. The number of thiophene rings is 1. The maximum absolute atomic E-state index is 4.30. The van der Waals surface area contributed by atoms with Gasteiger partial charge in [0.1, 0.15) is 0 Å². The first-order valence-corrected chi connectivity index (χ1v) is 10.6. The van der Waals surface area contributed by atoms with E-state index in [4.69, 9.17) is 0 Å². The number of guanidine groups is 1. The lowest BCUT2D eigenvalue weighted by Gasteiger charge is -2.20. The quantitative estimate of drug-likeness (QED) is 0.593. The van der Waals surface area contributed by atoms with Gasteiger partial charge in [-0.05, 0) is 49.1 Å². The summed E-state index contributed by atoms with van der Waals surface area (Å²) in [7, 11) is 4.03.